The van der Waals surface area contributed by atoms with E-state index in [4.69, 9.17) is 4.74 Å². The molecule has 42 heavy (non-hydrogen) atoms. The number of hydrogen-bond donors (Lipinski definition) is 2. The number of pyridine rings is 1. The average Bonchev–Trinajstić information content (AvgIpc) is 3.36. The average molecular weight is 578 g/mol. The predicted molar refractivity (Wildman–Crippen MR) is 161 cm³/mol. The van der Waals surface area contributed by atoms with Crippen LogP contribution in [0.2, 0.25) is 0 Å². The second-order valence-corrected chi connectivity index (χ2v) is 16.0. The number of aliphatic hydroxyl groups is 1. The lowest BCUT2D eigenvalue weighted by atomic mass is 9.32. The van der Waals surface area contributed by atoms with Crippen LogP contribution in [-0.2, 0) is 9.53 Å². The zero-order valence-electron chi connectivity index (χ0n) is 26.3. The lowest BCUT2D eigenvalue weighted by molar-refractivity contribution is -0.254. The summed E-state index contributed by atoms with van der Waals surface area (Å²) in [5.41, 5.74) is 0.629. The van der Waals surface area contributed by atoms with E-state index in [1.54, 1.807) is 18.3 Å². The van der Waals surface area contributed by atoms with Gasteiger partial charge < -0.3 is 14.9 Å². The van der Waals surface area contributed by atoms with Crippen molar-refractivity contribution >= 4 is 11.9 Å². The van der Waals surface area contributed by atoms with Gasteiger partial charge in [-0.05, 0) is 129 Å². The van der Waals surface area contributed by atoms with Gasteiger partial charge in [-0.3, -0.25) is 9.78 Å². The Kier molecular flexibility index (Phi) is 7.04. The molecule has 0 saturated heterocycles. The Hall–Kier alpha value is -2.21. The smallest absolute Gasteiger partial charge is 0.339 e. The van der Waals surface area contributed by atoms with E-state index in [9.17, 15) is 19.8 Å². The van der Waals surface area contributed by atoms with Crippen molar-refractivity contribution in [3.05, 3.63) is 42.2 Å². The standard InChI is InChI=1S/C36H51NO5/c1-22(2)24-11-16-36(31(40)41)18-17-34(5)25(29(24)36)9-10-27-32(3)14-13-28(38)33(4,26(32)12-15-35(27,34)6)21-42-30(39)23-8-7-19-37-20-23/h7-8,19-20,24-29,38H,1,9-18,21H2,2-6H3,(H,40,41)/t24-,25+,26+,27+,28-,29+,32-,33-,34+,35+,36-/m0/s1. The second-order valence-electron chi connectivity index (χ2n) is 16.0. The van der Waals surface area contributed by atoms with Crippen LogP contribution in [0.3, 0.4) is 0 Å². The molecule has 5 aliphatic carbocycles. The summed E-state index contributed by atoms with van der Waals surface area (Å²) in [6.45, 7) is 16.3. The number of carboxylic acids is 1. The first-order valence-electron chi connectivity index (χ1n) is 16.4. The molecule has 1 aromatic heterocycles. The van der Waals surface area contributed by atoms with Crippen LogP contribution in [0, 0.1) is 56.7 Å². The number of allylic oxidation sites excluding steroid dienone is 1. The van der Waals surface area contributed by atoms with E-state index in [0.717, 1.165) is 63.4 Å². The molecule has 6 nitrogen and oxygen atoms in total. The quantitative estimate of drug-likeness (QED) is 0.281. The summed E-state index contributed by atoms with van der Waals surface area (Å²) in [6, 6.07) is 3.45. The van der Waals surface area contributed by atoms with Crippen molar-refractivity contribution < 1.29 is 24.5 Å². The Morgan fingerprint density at radius 3 is 2.40 bits per heavy atom. The minimum absolute atomic E-state index is 0.0143. The predicted octanol–water partition coefficient (Wildman–Crippen LogP) is 7.32. The van der Waals surface area contributed by atoms with Crippen molar-refractivity contribution in [2.24, 2.45) is 56.7 Å². The van der Waals surface area contributed by atoms with E-state index in [1.165, 1.54) is 6.20 Å². The van der Waals surface area contributed by atoms with Gasteiger partial charge in [-0.25, -0.2) is 4.79 Å². The molecule has 0 radical (unpaired) electrons. The Labute approximate surface area is 251 Å². The number of carbonyl (C=O) groups excluding carboxylic acids is 1. The molecule has 6 heteroatoms. The number of aliphatic hydroxyl groups excluding tert-OH is 1. The maximum atomic E-state index is 12.9. The molecule has 0 unspecified atom stereocenters. The highest BCUT2D eigenvalue weighted by Gasteiger charge is 2.72. The van der Waals surface area contributed by atoms with Gasteiger partial charge >= 0.3 is 11.9 Å². The van der Waals surface area contributed by atoms with E-state index < -0.39 is 22.9 Å². The summed E-state index contributed by atoms with van der Waals surface area (Å²) in [7, 11) is 0. The molecule has 6 rings (SSSR count). The highest BCUT2D eigenvalue weighted by molar-refractivity contribution is 5.88. The van der Waals surface area contributed by atoms with Crippen LogP contribution in [-0.4, -0.2) is 39.8 Å². The Morgan fingerprint density at radius 1 is 0.976 bits per heavy atom. The van der Waals surface area contributed by atoms with Gasteiger partial charge in [0.05, 0.1) is 23.7 Å². The van der Waals surface area contributed by atoms with Crippen molar-refractivity contribution in [3.8, 4) is 0 Å². The molecular formula is C36H51NO5. The van der Waals surface area contributed by atoms with Gasteiger partial charge in [-0.15, -0.1) is 0 Å². The largest absolute Gasteiger partial charge is 0.481 e. The minimum Gasteiger partial charge on any atom is -0.481 e. The number of nitrogens with zero attached hydrogens (tertiary/aromatic N) is 1. The van der Waals surface area contributed by atoms with Gasteiger partial charge in [-0.1, -0.05) is 39.8 Å². The lowest BCUT2D eigenvalue weighted by Crippen LogP contribution is -2.67. The Morgan fingerprint density at radius 2 is 1.74 bits per heavy atom. The molecule has 11 atom stereocenters. The van der Waals surface area contributed by atoms with Gasteiger partial charge in [0.2, 0.25) is 0 Å². The van der Waals surface area contributed by atoms with Gasteiger partial charge in [0.15, 0.2) is 0 Å². The van der Waals surface area contributed by atoms with Gasteiger partial charge in [0.25, 0.3) is 0 Å². The third-order valence-corrected chi connectivity index (χ3v) is 14.7. The van der Waals surface area contributed by atoms with Gasteiger partial charge in [0, 0.05) is 17.8 Å². The molecule has 2 N–H and O–H groups in total. The summed E-state index contributed by atoms with van der Waals surface area (Å²) >= 11 is 0. The second kappa shape index (κ2) is 9.90. The number of carboxylic acid groups (broad SMARTS) is 1. The first-order valence-corrected chi connectivity index (χ1v) is 16.4. The van der Waals surface area contributed by atoms with Crippen LogP contribution >= 0.6 is 0 Å². The number of ether oxygens (including phenoxy) is 1. The van der Waals surface area contributed by atoms with Crippen molar-refractivity contribution in [1.82, 2.24) is 4.98 Å². The molecule has 1 heterocycles. The molecule has 5 aliphatic rings. The van der Waals surface area contributed by atoms with Crippen LogP contribution in [0.25, 0.3) is 0 Å². The van der Waals surface area contributed by atoms with Gasteiger partial charge in [-0.2, -0.15) is 0 Å². The Balaban J connectivity index is 1.31. The summed E-state index contributed by atoms with van der Waals surface area (Å²) in [5.74, 6) is 0.594. The third kappa shape index (κ3) is 3.88. The fourth-order valence-electron chi connectivity index (χ4n) is 12.3. The fourth-order valence-corrected chi connectivity index (χ4v) is 12.3. The molecular weight excluding hydrogens is 526 g/mol. The number of fused-ring (bicyclic) bond motifs is 7. The van der Waals surface area contributed by atoms with Crippen LogP contribution < -0.4 is 0 Å². The molecule has 5 fully saturated rings. The van der Waals surface area contributed by atoms with E-state index in [1.807, 2.05) is 0 Å². The maximum Gasteiger partial charge on any atom is 0.339 e. The van der Waals surface area contributed by atoms with Crippen molar-refractivity contribution in [2.75, 3.05) is 6.61 Å². The first-order chi connectivity index (χ1) is 19.7. The van der Waals surface area contributed by atoms with Gasteiger partial charge in [0.1, 0.15) is 0 Å². The minimum atomic E-state index is -0.607. The van der Waals surface area contributed by atoms with Crippen LogP contribution in [0.15, 0.2) is 36.7 Å². The summed E-state index contributed by atoms with van der Waals surface area (Å²) < 4.78 is 5.91. The molecule has 0 bridgehead atoms. The Bertz CT molecular complexity index is 1260. The molecule has 0 amide bonds. The number of hydrogen-bond acceptors (Lipinski definition) is 5. The number of esters is 1. The first kappa shape index (κ1) is 29.8. The summed E-state index contributed by atoms with van der Waals surface area (Å²) in [4.78, 5) is 29.9. The highest BCUT2D eigenvalue weighted by atomic mass is 16.5. The fraction of sp³-hybridized carbons (Fsp3) is 0.750. The molecule has 1 aromatic rings. The number of carbonyl (C=O) groups is 2. The van der Waals surface area contributed by atoms with E-state index in [-0.39, 0.29) is 40.7 Å². The van der Waals surface area contributed by atoms with Crippen molar-refractivity contribution in [3.63, 3.8) is 0 Å². The van der Waals surface area contributed by atoms with Crippen LogP contribution in [0.4, 0.5) is 0 Å². The SMILES string of the molecule is C=C(C)[C@@H]1CC[C@]2(C(=O)O)CC[C@]3(C)[C@H](CC[C@@H]4[C@@]5(C)CC[C@H](O)[C@@](C)(COC(=O)c6cccnc6)[C@@H]5CC[C@]43C)[C@@H]12. The zero-order valence-corrected chi connectivity index (χ0v) is 26.3. The summed E-state index contributed by atoms with van der Waals surface area (Å²) in [5, 5.41) is 22.1. The normalized spacial score (nSPS) is 47.8. The summed E-state index contributed by atoms with van der Waals surface area (Å²) in [6.07, 6.45) is 12.0. The van der Waals surface area contributed by atoms with Crippen molar-refractivity contribution in [1.29, 1.82) is 0 Å². The third-order valence-electron chi connectivity index (χ3n) is 14.7. The number of aliphatic carboxylic acids is 1. The monoisotopic (exact) mass is 577 g/mol. The highest BCUT2D eigenvalue weighted by Crippen LogP contribution is 2.77. The molecule has 0 spiro atoms. The lowest BCUT2D eigenvalue weighted by Gasteiger charge is -2.72. The topological polar surface area (TPSA) is 96.7 Å². The van der Waals surface area contributed by atoms with E-state index in [2.05, 4.69) is 46.2 Å². The molecule has 230 valence electrons. The zero-order chi connectivity index (χ0) is 30.3. The van der Waals surface area contributed by atoms with Crippen LogP contribution in [0.1, 0.15) is 109 Å². The number of aromatic nitrogens is 1. The molecule has 5 saturated carbocycles. The number of rotatable bonds is 5. The molecule has 0 aliphatic heterocycles. The van der Waals surface area contributed by atoms with E-state index in [0.29, 0.717) is 29.7 Å². The van der Waals surface area contributed by atoms with Crippen LogP contribution in [0.5, 0.6) is 0 Å². The molecule has 0 aromatic carbocycles. The maximum absolute atomic E-state index is 12.9. The van der Waals surface area contributed by atoms with E-state index >= 15 is 0 Å². The van der Waals surface area contributed by atoms with Crippen molar-refractivity contribution in [2.45, 2.75) is 105 Å².